The molecule has 5 heteroatoms. The summed E-state index contributed by atoms with van der Waals surface area (Å²) in [7, 11) is 0. The molecule has 1 saturated heterocycles. The van der Waals surface area contributed by atoms with Gasteiger partial charge in [0.05, 0.1) is 30.2 Å². The number of primary amides is 1. The van der Waals surface area contributed by atoms with E-state index in [1.165, 1.54) is 0 Å². The number of ether oxygens (including phenoxy) is 1. The second-order valence-corrected chi connectivity index (χ2v) is 4.21. The van der Waals surface area contributed by atoms with Gasteiger partial charge in [-0.2, -0.15) is 0 Å². The summed E-state index contributed by atoms with van der Waals surface area (Å²) < 4.78 is 5.31. The highest BCUT2D eigenvalue weighted by Crippen LogP contribution is 2.24. The highest BCUT2D eigenvalue weighted by Gasteiger charge is 2.20. The smallest absolute Gasteiger partial charge is 0.252 e. The molecular weight excluding hydrogens is 218 g/mol. The van der Waals surface area contributed by atoms with Crippen LogP contribution in [-0.4, -0.2) is 37.2 Å². The maximum atomic E-state index is 11.5. The fourth-order valence-corrected chi connectivity index (χ4v) is 2.17. The van der Waals surface area contributed by atoms with Crippen LogP contribution in [0.1, 0.15) is 21.7 Å². The molecule has 1 aliphatic rings. The zero-order valence-electron chi connectivity index (χ0n) is 10.2. The third-order valence-corrected chi connectivity index (χ3v) is 2.91. The van der Waals surface area contributed by atoms with E-state index in [9.17, 15) is 4.79 Å². The summed E-state index contributed by atoms with van der Waals surface area (Å²) in [5, 5.41) is 0. The number of anilines is 1. The third kappa shape index (κ3) is 2.39. The van der Waals surface area contributed by atoms with Crippen LogP contribution in [0.5, 0.6) is 0 Å². The zero-order valence-corrected chi connectivity index (χ0v) is 10.2. The SMILES string of the molecule is Cc1cc(N2CCOCC2)c(C(N)=O)c(C)n1. The largest absolute Gasteiger partial charge is 0.378 e. The number of nitrogens with two attached hydrogens (primary N) is 1. The van der Waals surface area contributed by atoms with Crippen LogP contribution >= 0.6 is 0 Å². The minimum Gasteiger partial charge on any atom is -0.378 e. The number of nitrogens with zero attached hydrogens (tertiary/aromatic N) is 2. The quantitative estimate of drug-likeness (QED) is 0.816. The Morgan fingerprint density at radius 3 is 2.65 bits per heavy atom. The molecule has 17 heavy (non-hydrogen) atoms. The minimum atomic E-state index is -0.420. The molecule has 1 fully saturated rings. The number of rotatable bonds is 2. The molecule has 0 unspecified atom stereocenters. The van der Waals surface area contributed by atoms with Crippen molar-refractivity contribution in [2.45, 2.75) is 13.8 Å². The number of morpholine rings is 1. The van der Waals surface area contributed by atoms with Crippen LogP contribution in [0.25, 0.3) is 0 Å². The number of hydrogen-bond acceptors (Lipinski definition) is 4. The Bertz CT molecular complexity index is 440. The number of aromatic nitrogens is 1. The van der Waals surface area contributed by atoms with Crippen molar-refractivity contribution in [2.75, 3.05) is 31.2 Å². The molecule has 5 nitrogen and oxygen atoms in total. The monoisotopic (exact) mass is 235 g/mol. The van der Waals surface area contributed by atoms with E-state index < -0.39 is 5.91 Å². The Hall–Kier alpha value is -1.62. The summed E-state index contributed by atoms with van der Waals surface area (Å²) in [5.74, 6) is -0.420. The predicted octanol–water partition coefficient (Wildman–Crippen LogP) is 0.634. The van der Waals surface area contributed by atoms with E-state index in [-0.39, 0.29) is 0 Å². The number of pyridine rings is 1. The molecule has 2 N–H and O–H groups in total. The van der Waals surface area contributed by atoms with Crippen molar-refractivity contribution in [1.82, 2.24) is 4.98 Å². The van der Waals surface area contributed by atoms with Crippen molar-refractivity contribution in [3.05, 3.63) is 23.0 Å². The second-order valence-electron chi connectivity index (χ2n) is 4.21. The molecule has 0 radical (unpaired) electrons. The maximum Gasteiger partial charge on any atom is 0.252 e. The minimum absolute atomic E-state index is 0.420. The lowest BCUT2D eigenvalue weighted by atomic mass is 10.1. The summed E-state index contributed by atoms with van der Waals surface area (Å²) >= 11 is 0. The number of aryl methyl sites for hydroxylation is 2. The third-order valence-electron chi connectivity index (χ3n) is 2.91. The maximum absolute atomic E-state index is 11.5. The molecular formula is C12H17N3O2. The van der Waals surface area contributed by atoms with Gasteiger partial charge in [-0.1, -0.05) is 0 Å². The van der Waals surface area contributed by atoms with Crippen molar-refractivity contribution in [1.29, 1.82) is 0 Å². The average molecular weight is 235 g/mol. The highest BCUT2D eigenvalue weighted by atomic mass is 16.5. The standard InChI is InChI=1S/C12H17N3O2/c1-8-7-10(15-3-5-17-6-4-15)11(12(13)16)9(2)14-8/h7H,3-6H2,1-2H3,(H2,13,16). The Morgan fingerprint density at radius 2 is 2.06 bits per heavy atom. The molecule has 92 valence electrons. The summed E-state index contributed by atoms with van der Waals surface area (Å²) in [6.45, 7) is 6.66. The molecule has 1 aromatic heterocycles. The van der Waals surface area contributed by atoms with Crippen LogP contribution in [-0.2, 0) is 4.74 Å². The summed E-state index contributed by atoms with van der Waals surface area (Å²) in [6, 6.07) is 1.92. The Kier molecular flexibility index (Phi) is 3.28. The molecule has 1 amide bonds. The summed E-state index contributed by atoms with van der Waals surface area (Å²) in [4.78, 5) is 17.9. The molecule has 0 spiro atoms. The normalized spacial score (nSPS) is 16.0. The van der Waals surface area contributed by atoms with Gasteiger partial charge in [-0.05, 0) is 19.9 Å². The van der Waals surface area contributed by atoms with E-state index in [4.69, 9.17) is 10.5 Å². The predicted molar refractivity (Wildman–Crippen MR) is 65.3 cm³/mol. The number of carbonyl (C=O) groups is 1. The molecule has 0 saturated carbocycles. The Labute approximate surface area is 101 Å². The first kappa shape index (κ1) is 11.9. The molecule has 2 rings (SSSR count). The molecule has 0 aliphatic carbocycles. The van der Waals surface area contributed by atoms with E-state index in [2.05, 4.69) is 9.88 Å². The van der Waals surface area contributed by atoms with Gasteiger partial charge in [-0.25, -0.2) is 0 Å². The van der Waals surface area contributed by atoms with E-state index in [0.717, 1.165) is 24.5 Å². The van der Waals surface area contributed by atoms with Gasteiger partial charge in [0.1, 0.15) is 0 Å². The molecule has 0 bridgehead atoms. The Morgan fingerprint density at radius 1 is 1.41 bits per heavy atom. The van der Waals surface area contributed by atoms with Crippen LogP contribution in [0.3, 0.4) is 0 Å². The van der Waals surface area contributed by atoms with E-state index in [0.29, 0.717) is 24.5 Å². The molecule has 2 heterocycles. The number of hydrogen-bond donors (Lipinski definition) is 1. The van der Waals surface area contributed by atoms with Gasteiger partial charge in [0.2, 0.25) is 0 Å². The number of amides is 1. The van der Waals surface area contributed by atoms with Crippen LogP contribution in [0.2, 0.25) is 0 Å². The van der Waals surface area contributed by atoms with Crippen molar-refractivity contribution in [3.63, 3.8) is 0 Å². The Balaban J connectivity index is 2.46. The van der Waals surface area contributed by atoms with Gasteiger partial charge in [0.25, 0.3) is 5.91 Å². The van der Waals surface area contributed by atoms with Gasteiger partial charge in [-0.15, -0.1) is 0 Å². The van der Waals surface area contributed by atoms with Crippen LogP contribution < -0.4 is 10.6 Å². The molecule has 1 aliphatic heterocycles. The fourth-order valence-electron chi connectivity index (χ4n) is 2.17. The van der Waals surface area contributed by atoms with Gasteiger partial charge in [0, 0.05) is 18.8 Å². The van der Waals surface area contributed by atoms with Gasteiger partial charge in [0.15, 0.2) is 0 Å². The van der Waals surface area contributed by atoms with Crippen LogP contribution in [0, 0.1) is 13.8 Å². The van der Waals surface area contributed by atoms with Gasteiger partial charge < -0.3 is 15.4 Å². The van der Waals surface area contributed by atoms with Crippen molar-refractivity contribution in [3.8, 4) is 0 Å². The van der Waals surface area contributed by atoms with E-state index in [1.54, 1.807) is 0 Å². The zero-order chi connectivity index (χ0) is 12.4. The highest BCUT2D eigenvalue weighted by molar-refractivity contribution is 5.99. The van der Waals surface area contributed by atoms with Crippen LogP contribution in [0.15, 0.2) is 6.07 Å². The van der Waals surface area contributed by atoms with Crippen molar-refractivity contribution in [2.24, 2.45) is 5.73 Å². The lowest BCUT2D eigenvalue weighted by molar-refractivity contribution is 0.0997. The van der Waals surface area contributed by atoms with Crippen molar-refractivity contribution >= 4 is 11.6 Å². The number of carbonyl (C=O) groups excluding carboxylic acids is 1. The first-order valence-corrected chi connectivity index (χ1v) is 5.70. The lowest BCUT2D eigenvalue weighted by Gasteiger charge is -2.30. The molecule has 1 aromatic rings. The lowest BCUT2D eigenvalue weighted by Crippen LogP contribution is -2.38. The second kappa shape index (κ2) is 4.71. The molecule has 0 atom stereocenters. The average Bonchev–Trinajstić information content (AvgIpc) is 2.28. The first-order valence-electron chi connectivity index (χ1n) is 5.70. The molecule has 0 aromatic carbocycles. The topological polar surface area (TPSA) is 68.5 Å². The summed E-state index contributed by atoms with van der Waals surface area (Å²) in [5.41, 5.74) is 8.43. The van der Waals surface area contributed by atoms with Crippen LogP contribution in [0.4, 0.5) is 5.69 Å². The first-order chi connectivity index (χ1) is 8.09. The van der Waals surface area contributed by atoms with Gasteiger partial charge in [-0.3, -0.25) is 9.78 Å². The van der Waals surface area contributed by atoms with E-state index >= 15 is 0 Å². The van der Waals surface area contributed by atoms with Gasteiger partial charge >= 0.3 is 0 Å². The summed E-state index contributed by atoms with van der Waals surface area (Å²) in [6.07, 6.45) is 0. The van der Waals surface area contributed by atoms with Crippen molar-refractivity contribution < 1.29 is 9.53 Å². The fraction of sp³-hybridized carbons (Fsp3) is 0.500. The van der Waals surface area contributed by atoms with E-state index in [1.807, 2.05) is 19.9 Å².